The average molecular weight is 260 g/mol. The van der Waals surface area contributed by atoms with Gasteiger partial charge in [0.05, 0.1) is 20.8 Å². The first-order chi connectivity index (χ1) is 9.13. The largest absolute Gasteiger partial charge is 0.497 e. The van der Waals surface area contributed by atoms with Crippen molar-refractivity contribution in [3.63, 3.8) is 0 Å². The number of methoxy groups -OCH3 is 2. The molecule has 0 aliphatic rings. The van der Waals surface area contributed by atoms with E-state index in [1.807, 2.05) is 12.1 Å². The van der Waals surface area contributed by atoms with Crippen LogP contribution in [0.5, 0.6) is 11.5 Å². The van der Waals surface area contributed by atoms with E-state index in [9.17, 15) is 4.79 Å². The summed E-state index contributed by atoms with van der Waals surface area (Å²) in [7, 11) is 3.18. The zero-order chi connectivity index (χ0) is 13.8. The minimum atomic E-state index is -0.141. The molecule has 1 aromatic carbocycles. The zero-order valence-corrected chi connectivity index (χ0v) is 10.9. The van der Waals surface area contributed by atoms with Crippen molar-refractivity contribution < 1.29 is 9.47 Å². The van der Waals surface area contributed by atoms with E-state index in [4.69, 9.17) is 15.2 Å². The number of nitrogen functional groups attached to an aromatic ring is 1. The summed E-state index contributed by atoms with van der Waals surface area (Å²) in [5.74, 6) is 1.40. The van der Waals surface area contributed by atoms with Crippen LogP contribution < -0.4 is 20.8 Å². The highest BCUT2D eigenvalue weighted by Crippen LogP contribution is 2.24. The van der Waals surface area contributed by atoms with Gasteiger partial charge in [0.1, 0.15) is 11.5 Å². The van der Waals surface area contributed by atoms with Gasteiger partial charge in [0.15, 0.2) is 0 Å². The molecule has 0 fully saturated rings. The number of hydrogen-bond acceptors (Lipinski definition) is 4. The van der Waals surface area contributed by atoms with Crippen molar-refractivity contribution in [1.82, 2.24) is 4.57 Å². The molecule has 0 bridgehead atoms. The fourth-order valence-corrected chi connectivity index (χ4v) is 1.82. The van der Waals surface area contributed by atoms with Gasteiger partial charge in [-0.1, -0.05) is 0 Å². The maximum atomic E-state index is 11.8. The van der Waals surface area contributed by atoms with Gasteiger partial charge in [0, 0.05) is 29.6 Å². The fourth-order valence-electron chi connectivity index (χ4n) is 1.82. The molecule has 2 rings (SSSR count). The van der Waals surface area contributed by atoms with Crippen molar-refractivity contribution >= 4 is 5.69 Å². The number of ether oxygens (including phenoxy) is 2. The van der Waals surface area contributed by atoms with Crippen molar-refractivity contribution in [3.05, 3.63) is 52.4 Å². The maximum absolute atomic E-state index is 11.8. The predicted octanol–water partition coefficient (Wildman–Crippen LogP) is 1.50. The zero-order valence-electron chi connectivity index (χ0n) is 10.9. The fraction of sp³-hybridized carbons (Fsp3) is 0.214. The third kappa shape index (κ3) is 2.88. The van der Waals surface area contributed by atoms with E-state index >= 15 is 0 Å². The molecule has 1 aromatic heterocycles. The summed E-state index contributed by atoms with van der Waals surface area (Å²) < 4.78 is 12.0. The number of pyridine rings is 1. The van der Waals surface area contributed by atoms with Gasteiger partial charge in [0.25, 0.3) is 5.56 Å². The molecule has 19 heavy (non-hydrogen) atoms. The molecule has 0 saturated carbocycles. The number of nitrogens with zero attached hydrogens (tertiary/aromatic N) is 1. The van der Waals surface area contributed by atoms with Gasteiger partial charge in [-0.2, -0.15) is 0 Å². The van der Waals surface area contributed by atoms with E-state index in [2.05, 4.69) is 0 Å². The second-order valence-electron chi connectivity index (χ2n) is 4.10. The Kier molecular flexibility index (Phi) is 3.75. The number of nitrogens with two attached hydrogens (primary N) is 1. The standard InChI is InChI=1S/C14H16N2O3/c1-18-12-4-3-10(13(8-12)19-2)9-16-6-5-11(15)7-14(16)17/h3-8H,9,15H2,1-2H3. The molecule has 0 radical (unpaired) electrons. The Labute approximate surface area is 111 Å². The quantitative estimate of drug-likeness (QED) is 0.904. The molecule has 0 aliphatic heterocycles. The Balaban J connectivity index is 2.35. The number of benzene rings is 1. The lowest BCUT2D eigenvalue weighted by molar-refractivity contribution is 0.390. The normalized spacial score (nSPS) is 10.2. The molecule has 0 unspecified atom stereocenters. The van der Waals surface area contributed by atoms with Crippen LogP contribution in [0, 0.1) is 0 Å². The summed E-state index contributed by atoms with van der Waals surface area (Å²) in [5.41, 5.74) is 6.78. The topological polar surface area (TPSA) is 66.5 Å². The van der Waals surface area contributed by atoms with Crippen LogP contribution in [0.2, 0.25) is 0 Å². The van der Waals surface area contributed by atoms with Crippen molar-refractivity contribution in [1.29, 1.82) is 0 Å². The Hall–Kier alpha value is -2.43. The van der Waals surface area contributed by atoms with Crippen molar-refractivity contribution in [2.45, 2.75) is 6.54 Å². The minimum absolute atomic E-state index is 0.141. The lowest BCUT2D eigenvalue weighted by Gasteiger charge is -2.12. The van der Waals surface area contributed by atoms with Crippen molar-refractivity contribution in [2.75, 3.05) is 20.0 Å². The van der Waals surface area contributed by atoms with Gasteiger partial charge in [-0.3, -0.25) is 4.79 Å². The smallest absolute Gasteiger partial charge is 0.252 e. The van der Waals surface area contributed by atoms with Crippen molar-refractivity contribution in [3.8, 4) is 11.5 Å². The molecule has 5 nitrogen and oxygen atoms in total. The number of rotatable bonds is 4. The molecule has 5 heteroatoms. The highest BCUT2D eigenvalue weighted by atomic mass is 16.5. The third-order valence-corrected chi connectivity index (χ3v) is 2.86. The van der Waals surface area contributed by atoms with E-state index in [-0.39, 0.29) is 5.56 Å². The van der Waals surface area contributed by atoms with E-state index in [0.29, 0.717) is 23.7 Å². The lowest BCUT2D eigenvalue weighted by Crippen LogP contribution is -2.19. The number of hydrogen-bond donors (Lipinski definition) is 1. The monoisotopic (exact) mass is 260 g/mol. The first-order valence-corrected chi connectivity index (χ1v) is 5.81. The maximum Gasteiger partial charge on any atom is 0.252 e. The molecule has 0 saturated heterocycles. The molecular formula is C14H16N2O3. The number of anilines is 1. The molecule has 2 aromatic rings. The summed E-state index contributed by atoms with van der Waals surface area (Å²) >= 11 is 0. The molecule has 1 heterocycles. The van der Waals surface area contributed by atoms with Gasteiger partial charge in [-0.15, -0.1) is 0 Å². The second-order valence-corrected chi connectivity index (χ2v) is 4.10. The molecular weight excluding hydrogens is 244 g/mol. The molecule has 100 valence electrons. The molecule has 0 aliphatic carbocycles. The highest BCUT2D eigenvalue weighted by Gasteiger charge is 2.06. The molecule has 2 N–H and O–H groups in total. The molecule has 0 atom stereocenters. The average Bonchev–Trinajstić information content (AvgIpc) is 2.42. The summed E-state index contributed by atoms with van der Waals surface area (Å²) in [6, 6.07) is 8.59. The van der Waals surface area contributed by atoms with Gasteiger partial charge in [0.2, 0.25) is 0 Å². The van der Waals surface area contributed by atoms with Gasteiger partial charge >= 0.3 is 0 Å². The Morgan fingerprint density at radius 2 is 1.95 bits per heavy atom. The minimum Gasteiger partial charge on any atom is -0.497 e. The van der Waals surface area contributed by atoms with E-state index < -0.39 is 0 Å². The highest BCUT2D eigenvalue weighted by molar-refractivity contribution is 5.41. The summed E-state index contributed by atoms with van der Waals surface area (Å²) in [4.78, 5) is 11.8. The van der Waals surface area contributed by atoms with Crippen LogP contribution in [-0.4, -0.2) is 18.8 Å². The van der Waals surface area contributed by atoms with Crippen LogP contribution in [0.25, 0.3) is 0 Å². The summed E-state index contributed by atoms with van der Waals surface area (Å²) in [6.07, 6.45) is 1.67. The lowest BCUT2D eigenvalue weighted by atomic mass is 10.2. The van der Waals surface area contributed by atoms with Crippen LogP contribution >= 0.6 is 0 Å². The van der Waals surface area contributed by atoms with Crippen LogP contribution in [-0.2, 0) is 6.54 Å². The molecule has 0 spiro atoms. The van der Waals surface area contributed by atoms with E-state index in [1.54, 1.807) is 37.1 Å². The first-order valence-electron chi connectivity index (χ1n) is 5.81. The number of aromatic nitrogens is 1. The summed E-state index contributed by atoms with van der Waals surface area (Å²) in [5, 5.41) is 0. The summed E-state index contributed by atoms with van der Waals surface area (Å²) in [6.45, 7) is 0.423. The SMILES string of the molecule is COc1ccc(Cn2ccc(N)cc2=O)c(OC)c1. The van der Waals surface area contributed by atoms with Gasteiger partial charge in [-0.05, 0) is 18.2 Å². The van der Waals surface area contributed by atoms with Crippen molar-refractivity contribution in [2.24, 2.45) is 0 Å². The van der Waals surface area contributed by atoms with E-state index in [0.717, 1.165) is 5.56 Å². The Bertz CT molecular complexity index is 635. The van der Waals surface area contributed by atoms with Gasteiger partial charge in [-0.25, -0.2) is 0 Å². The Morgan fingerprint density at radius 3 is 2.58 bits per heavy atom. The first kappa shape index (κ1) is 13.0. The Morgan fingerprint density at radius 1 is 1.16 bits per heavy atom. The molecule has 0 amide bonds. The van der Waals surface area contributed by atoms with Crippen LogP contribution in [0.15, 0.2) is 41.3 Å². The van der Waals surface area contributed by atoms with E-state index in [1.165, 1.54) is 6.07 Å². The van der Waals surface area contributed by atoms with Crippen LogP contribution in [0.1, 0.15) is 5.56 Å². The predicted molar refractivity (Wildman–Crippen MR) is 73.8 cm³/mol. The third-order valence-electron chi connectivity index (χ3n) is 2.86. The van der Waals surface area contributed by atoms with Crippen LogP contribution in [0.4, 0.5) is 5.69 Å². The van der Waals surface area contributed by atoms with Crippen LogP contribution in [0.3, 0.4) is 0 Å². The van der Waals surface area contributed by atoms with Gasteiger partial charge < -0.3 is 19.8 Å². The second kappa shape index (κ2) is 5.48.